The first kappa shape index (κ1) is 35.6. The molecule has 0 atom stereocenters. The van der Waals surface area contributed by atoms with Gasteiger partial charge in [-0.05, 0) is 72.7 Å². The minimum atomic E-state index is -4.65. The van der Waals surface area contributed by atoms with Gasteiger partial charge in [0.1, 0.15) is 9.79 Å². The van der Waals surface area contributed by atoms with Gasteiger partial charge in [0.05, 0.1) is 0 Å². The molecule has 0 aliphatic rings. The highest BCUT2D eigenvalue weighted by atomic mass is 32.2. The maximum atomic E-state index is 12.2. The normalized spacial score (nSPS) is 11.8. The van der Waals surface area contributed by atoms with Crippen LogP contribution in [-0.4, -0.2) is 49.3 Å². The van der Waals surface area contributed by atoms with Gasteiger partial charge in [0.25, 0.3) is 20.2 Å². The minimum absolute atomic E-state index is 0.0958. The largest absolute Gasteiger partial charge is 0.362 e. The van der Waals surface area contributed by atoms with Crippen LogP contribution < -0.4 is 21.3 Å². The maximum absolute atomic E-state index is 12.2. The summed E-state index contributed by atoms with van der Waals surface area (Å²) in [5.41, 5.74) is 0.876. The third-order valence-corrected chi connectivity index (χ3v) is 8.48. The van der Waals surface area contributed by atoms with Crippen molar-refractivity contribution in [2.75, 3.05) is 23.7 Å². The topological polar surface area (TPSA) is 157 Å². The molecule has 6 N–H and O–H groups in total. The summed E-state index contributed by atoms with van der Waals surface area (Å²) in [5, 5.41) is 12.6. The van der Waals surface area contributed by atoms with Crippen LogP contribution in [0.5, 0.6) is 0 Å². The lowest BCUT2D eigenvalue weighted by molar-refractivity contribution is 0.480. The fourth-order valence-electron chi connectivity index (χ4n) is 3.98. The molecule has 0 spiro atoms. The summed E-state index contributed by atoms with van der Waals surface area (Å²) in [7, 11) is -9.30. The number of thiocarbonyl (C=S) groups is 2. The molecule has 0 unspecified atom stereocenters. The molecule has 0 radical (unpaired) electrons. The molecule has 0 fully saturated rings. The average molecular weight is 657 g/mol. The molecule has 0 heterocycles. The van der Waals surface area contributed by atoms with Gasteiger partial charge in [-0.3, -0.25) is 9.11 Å². The molecule has 2 aromatic rings. The lowest BCUT2D eigenvalue weighted by Gasteiger charge is -2.13. The Morgan fingerprint density at radius 1 is 0.667 bits per heavy atom. The summed E-state index contributed by atoms with van der Waals surface area (Å²) in [6.07, 6.45) is 11.2. The molecule has 232 valence electrons. The van der Waals surface area contributed by atoms with Crippen molar-refractivity contribution in [2.45, 2.75) is 75.0 Å². The van der Waals surface area contributed by atoms with E-state index >= 15 is 0 Å². The number of benzene rings is 2. The van der Waals surface area contributed by atoms with E-state index in [0.717, 1.165) is 51.4 Å². The molecule has 0 aromatic heterocycles. The van der Waals surface area contributed by atoms with Crippen molar-refractivity contribution < 1.29 is 25.9 Å². The van der Waals surface area contributed by atoms with E-state index in [-0.39, 0.29) is 11.1 Å². The number of unbranched alkanes of at least 4 members (excludes halogenated alkanes) is 6. The smallest absolute Gasteiger partial charge is 0.295 e. The molecule has 2 rings (SSSR count). The van der Waals surface area contributed by atoms with Gasteiger partial charge in [-0.1, -0.05) is 76.7 Å². The highest BCUT2D eigenvalue weighted by Crippen LogP contribution is 2.26. The predicted molar refractivity (Wildman–Crippen MR) is 178 cm³/mol. The van der Waals surface area contributed by atoms with Gasteiger partial charge in [0.2, 0.25) is 0 Å². The SMILES string of the molecule is CCCCCCNC(=S)Nc1ccc(/C=C/c2ccc(NC(=S)NCCCCCC)cc2S(=O)(=O)O)c(S(=O)(=O)O)c1. The lowest BCUT2D eigenvalue weighted by Crippen LogP contribution is -2.29. The number of hydrogen-bond donors (Lipinski definition) is 6. The van der Waals surface area contributed by atoms with Crippen LogP contribution in [0.4, 0.5) is 11.4 Å². The van der Waals surface area contributed by atoms with E-state index in [1.165, 1.54) is 36.4 Å². The molecule has 14 heteroatoms. The van der Waals surface area contributed by atoms with Crippen LogP contribution in [0.15, 0.2) is 46.2 Å². The molecule has 0 aliphatic heterocycles. The highest BCUT2D eigenvalue weighted by Gasteiger charge is 2.18. The van der Waals surface area contributed by atoms with Gasteiger partial charge in [-0.2, -0.15) is 16.8 Å². The van der Waals surface area contributed by atoms with Crippen molar-refractivity contribution in [3.63, 3.8) is 0 Å². The molecule has 0 saturated heterocycles. The third kappa shape index (κ3) is 12.7. The molecule has 42 heavy (non-hydrogen) atoms. The summed E-state index contributed by atoms with van der Waals surface area (Å²) in [6, 6.07) is 8.50. The molecule has 0 bridgehead atoms. The van der Waals surface area contributed by atoms with Gasteiger partial charge in [-0.15, -0.1) is 0 Å². The Balaban J connectivity index is 2.22. The Morgan fingerprint density at radius 3 is 1.38 bits per heavy atom. The van der Waals surface area contributed by atoms with Gasteiger partial charge in [0.15, 0.2) is 10.2 Å². The standard InChI is InChI=1S/C28H40N4O6S4/c1-3-5-7-9-17-29-27(39)31-23-15-13-21(25(19-23)41(33,34)35)11-12-22-14-16-24(20-26(22)42(36,37)38)32-28(40)30-18-10-8-6-4-2/h11-16,19-20H,3-10,17-18H2,1-2H3,(H2,29,31,39)(H2,30,32,40)(H,33,34,35)(H,36,37,38)/b12-11+. The fraction of sp³-hybridized carbons (Fsp3) is 0.429. The van der Waals surface area contributed by atoms with Crippen LogP contribution in [0, 0.1) is 0 Å². The van der Waals surface area contributed by atoms with Crippen LogP contribution in [0.25, 0.3) is 12.2 Å². The van der Waals surface area contributed by atoms with E-state index < -0.39 is 30.0 Å². The van der Waals surface area contributed by atoms with Crippen LogP contribution in [0.3, 0.4) is 0 Å². The van der Waals surface area contributed by atoms with Crippen molar-refractivity contribution in [1.29, 1.82) is 0 Å². The van der Waals surface area contributed by atoms with Gasteiger partial charge in [-0.25, -0.2) is 0 Å². The van der Waals surface area contributed by atoms with Crippen molar-refractivity contribution in [1.82, 2.24) is 10.6 Å². The zero-order chi connectivity index (χ0) is 31.2. The highest BCUT2D eigenvalue weighted by molar-refractivity contribution is 7.86. The zero-order valence-corrected chi connectivity index (χ0v) is 27.1. The Hall–Kier alpha value is -2.62. The second-order valence-corrected chi connectivity index (χ2v) is 13.3. The first-order valence-electron chi connectivity index (χ1n) is 13.9. The van der Waals surface area contributed by atoms with Crippen LogP contribution in [0.2, 0.25) is 0 Å². The summed E-state index contributed by atoms with van der Waals surface area (Å²) in [6.45, 7) is 5.59. The third-order valence-electron chi connectivity index (χ3n) is 6.17. The Kier molecular flexibility index (Phi) is 14.8. The molecule has 0 amide bonds. The first-order valence-corrected chi connectivity index (χ1v) is 17.6. The van der Waals surface area contributed by atoms with Gasteiger partial charge >= 0.3 is 0 Å². The molecule has 0 aliphatic carbocycles. The lowest BCUT2D eigenvalue weighted by atomic mass is 10.1. The summed E-state index contributed by atoms with van der Waals surface area (Å²) >= 11 is 10.5. The van der Waals surface area contributed by atoms with Gasteiger partial charge < -0.3 is 21.3 Å². The maximum Gasteiger partial charge on any atom is 0.295 e. The molecular formula is C28H40N4O6S4. The second-order valence-electron chi connectivity index (χ2n) is 9.67. The monoisotopic (exact) mass is 656 g/mol. The van der Waals surface area contributed by atoms with Crippen LogP contribution in [-0.2, 0) is 20.2 Å². The van der Waals surface area contributed by atoms with E-state index in [4.69, 9.17) is 24.4 Å². The van der Waals surface area contributed by atoms with E-state index in [1.54, 1.807) is 12.1 Å². The van der Waals surface area contributed by atoms with E-state index in [1.807, 2.05) is 0 Å². The average Bonchev–Trinajstić information content (AvgIpc) is 2.91. The van der Waals surface area contributed by atoms with Crippen molar-refractivity contribution in [3.05, 3.63) is 47.5 Å². The number of hydrogen-bond acceptors (Lipinski definition) is 6. The Bertz CT molecular complexity index is 1350. The molecule has 0 saturated carbocycles. The second kappa shape index (κ2) is 17.5. The fourth-order valence-corrected chi connectivity index (χ4v) is 5.84. The molecule has 10 nitrogen and oxygen atoms in total. The van der Waals surface area contributed by atoms with E-state index in [2.05, 4.69) is 35.1 Å². The number of nitrogens with one attached hydrogen (secondary N) is 4. The van der Waals surface area contributed by atoms with Crippen molar-refractivity contribution in [3.8, 4) is 0 Å². The quantitative estimate of drug-likeness (QED) is 0.0536. The number of rotatable bonds is 16. The zero-order valence-electron chi connectivity index (χ0n) is 23.9. The van der Waals surface area contributed by atoms with E-state index in [9.17, 15) is 25.9 Å². The molecular weight excluding hydrogens is 617 g/mol. The van der Waals surface area contributed by atoms with Crippen LogP contribution in [0.1, 0.15) is 76.3 Å². The van der Waals surface area contributed by atoms with Gasteiger partial charge in [0, 0.05) is 24.5 Å². The Morgan fingerprint density at radius 2 is 1.05 bits per heavy atom. The summed E-state index contributed by atoms with van der Waals surface area (Å²) in [5.74, 6) is 0. The summed E-state index contributed by atoms with van der Waals surface area (Å²) in [4.78, 5) is -0.812. The van der Waals surface area contributed by atoms with Crippen molar-refractivity contribution in [2.24, 2.45) is 0 Å². The van der Waals surface area contributed by atoms with E-state index in [0.29, 0.717) is 34.7 Å². The molecule has 2 aromatic carbocycles. The summed E-state index contributed by atoms with van der Waals surface area (Å²) < 4.78 is 68.4. The minimum Gasteiger partial charge on any atom is -0.362 e. The van der Waals surface area contributed by atoms with Crippen molar-refractivity contribution >= 4 is 78.4 Å². The predicted octanol–water partition coefficient (Wildman–Crippen LogP) is 6.08. The van der Waals surface area contributed by atoms with Crippen LogP contribution >= 0.6 is 24.4 Å². The first-order chi connectivity index (χ1) is 19.8. The number of anilines is 2. The Labute approximate surface area is 260 Å².